The minimum Gasteiger partial charge on any atom is -0.315 e. The predicted octanol–water partition coefficient (Wildman–Crippen LogP) is 6.51. The number of urea groups is 2. The number of halogens is 2. The topological polar surface area (TPSA) is 76.1 Å². The fourth-order valence-corrected chi connectivity index (χ4v) is 4.54. The lowest BCUT2D eigenvalue weighted by molar-refractivity contribution is -0.0947. The van der Waals surface area contributed by atoms with Crippen molar-refractivity contribution in [1.29, 1.82) is 0 Å². The van der Waals surface area contributed by atoms with Crippen LogP contribution in [0.15, 0.2) is 78.9 Å². The Bertz CT molecular complexity index is 1190. The van der Waals surface area contributed by atoms with Gasteiger partial charge in [0.15, 0.2) is 6.17 Å². The third-order valence-electron chi connectivity index (χ3n) is 6.12. The van der Waals surface area contributed by atoms with Crippen molar-refractivity contribution in [2.75, 3.05) is 16.8 Å². The van der Waals surface area contributed by atoms with Gasteiger partial charge in [0.1, 0.15) is 0 Å². The van der Waals surface area contributed by atoms with Crippen LogP contribution in [-0.2, 0) is 6.42 Å². The van der Waals surface area contributed by atoms with Gasteiger partial charge in [0.2, 0.25) is 0 Å². The second-order valence-electron chi connectivity index (χ2n) is 8.83. The van der Waals surface area contributed by atoms with Crippen molar-refractivity contribution >= 4 is 46.6 Å². The monoisotopic (exact) mass is 512 g/mol. The van der Waals surface area contributed by atoms with E-state index in [-0.39, 0.29) is 6.03 Å². The Morgan fingerprint density at radius 3 is 2.14 bits per heavy atom. The molecule has 1 aliphatic heterocycles. The molecule has 1 aliphatic rings. The highest BCUT2D eigenvalue weighted by atomic mass is 35.5. The van der Waals surface area contributed by atoms with Crippen LogP contribution in [-0.4, -0.2) is 45.5 Å². The SMILES string of the molecule is CC1(C)[C@@H](N(O)C(=O)Nc2ccc(Cl)cc2)N(c2ccc(Cl)cc2)C(=O)N1CCc1ccccc1. The van der Waals surface area contributed by atoms with E-state index in [1.807, 2.05) is 44.2 Å². The fourth-order valence-electron chi connectivity index (χ4n) is 4.29. The van der Waals surface area contributed by atoms with Crippen molar-refractivity contribution in [3.05, 3.63) is 94.5 Å². The minimum atomic E-state index is -1.01. The van der Waals surface area contributed by atoms with Crippen molar-refractivity contribution in [1.82, 2.24) is 9.96 Å². The molecule has 3 aromatic rings. The lowest BCUT2D eigenvalue weighted by atomic mass is 9.99. The summed E-state index contributed by atoms with van der Waals surface area (Å²) >= 11 is 12.0. The zero-order valence-electron chi connectivity index (χ0n) is 19.4. The molecular formula is C26H26Cl2N4O3. The van der Waals surface area contributed by atoms with Gasteiger partial charge in [-0.1, -0.05) is 53.5 Å². The summed E-state index contributed by atoms with van der Waals surface area (Å²) in [6.07, 6.45) is -0.390. The fraction of sp³-hybridized carbons (Fsp3) is 0.231. The molecule has 1 atom stereocenters. The van der Waals surface area contributed by atoms with Gasteiger partial charge in [-0.05, 0) is 74.4 Å². The van der Waals surface area contributed by atoms with E-state index in [1.165, 1.54) is 4.90 Å². The summed E-state index contributed by atoms with van der Waals surface area (Å²) < 4.78 is 0. The van der Waals surface area contributed by atoms with Gasteiger partial charge in [-0.2, -0.15) is 5.06 Å². The molecule has 0 bridgehead atoms. The van der Waals surface area contributed by atoms with Gasteiger partial charge in [0, 0.05) is 28.0 Å². The zero-order valence-corrected chi connectivity index (χ0v) is 20.9. The van der Waals surface area contributed by atoms with Gasteiger partial charge < -0.3 is 10.2 Å². The number of rotatable bonds is 6. The lowest BCUT2D eigenvalue weighted by Crippen LogP contribution is -2.58. The molecule has 3 aromatic carbocycles. The van der Waals surface area contributed by atoms with E-state index in [9.17, 15) is 14.8 Å². The van der Waals surface area contributed by atoms with Gasteiger partial charge in [-0.15, -0.1) is 0 Å². The average Bonchev–Trinajstić information content (AvgIpc) is 3.04. The first-order chi connectivity index (χ1) is 16.7. The van der Waals surface area contributed by atoms with Crippen LogP contribution in [0.2, 0.25) is 10.0 Å². The van der Waals surface area contributed by atoms with E-state index in [0.717, 1.165) is 5.56 Å². The largest absolute Gasteiger partial charge is 0.347 e. The Kier molecular flexibility index (Phi) is 7.21. The van der Waals surface area contributed by atoms with Gasteiger partial charge in [0.05, 0.1) is 5.54 Å². The Hall–Kier alpha value is -3.26. The molecule has 7 nitrogen and oxygen atoms in total. The number of hydrogen-bond donors (Lipinski definition) is 2. The maximum Gasteiger partial charge on any atom is 0.347 e. The molecule has 1 fully saturated rings. The molecule has 0 radical (unpaired) electrons. The molecule has 35 heavy (non-hydrogen) atoms. The predicted molar refractivity (Wildman–Crippen MR) is 138 cm³/mol. The second kappa shape index (κ2) is 10.2. The highest BCUT2D eigenvalue weighted by Crippen LogP contribution is 2.38. The van der Waals surface area contributed by atoms with Gasteiger partial charge in [-0.3, -0.25) is 10.1 Å². The van der Waals surface area contributed by atoms with Crippen LogP contribution in [0.3, 0.4) is 0 Å². The highest BCUT2D eigenvalue weighted by Gasteiger charge is 2.55. The summed E-state index contributed by atoms with van der Waals surface area (Å²) in [6, 6.07) is 22.0. The van der Waals surface area contributed by atoms with Crippen molar-refractivity contribution in [2.45, 2.75) is 32.0 Å². The van der Waals surface area contributed by atoms with Crippen LogP contribution in [0.5, 0.6) is 0 Å². The normalized spacial score (nSPS) is 16.9. The van der Waals surface area contributed by atoms with Gasteiger partial charge in [0.25, 0.3) is 0 Å². The molecule has 2 N–H and O–H groups in total. The summed E-state index contributed by atoms with van der Waals surface area (Å²) in [6.45, 7) is 4.06. The number of anilines is 2. The number of carbonyl (C=O) groups excluding carboxylic acids is 2. The average molecular weight is 513 g/mol. The molecule has 4 rings (SSSR count). The lowest BCUT2D eigenvalue weighted by Gasteiger charge is -2.38. The number of nitrogens with one attached hydrogen (secondary N) is 1. The number of hydroxylamine groups is 2. The smallest absolute Gasteiger partial charge is 0.315 e. The molecule has 4 amide bonds. The van der Waals surface area contributed by atoms with E-state index in [0.29, 0.717) is 39.4 Å². The van der Waals surface area contributed by atoms with E-state index in [1.54, 1.807) is 53.4 Å². The molecule has 0 saturated carbocycles. The van der Waals surface area contributed by atoms with Crippen LogP contribution in [0.4, 0.5) is 21.0 Å². The van der Waals surface area contributed by atoms with Crippen molar-refractivity contribution < 1.29 is 14.8 Å². The quantitative estimate of drug-likeness (QED) is 0.292. The molecule has 9 heteroatoms. The third kappa shape index (κ3) is 5.22. The van der Waals surface area contributed by atoms with Crippen LogP contribution >= 0.6 is 23.2 Å². The van der Waals surface area contributed by atoms with Crippen LogP contribution < -0.4 is 10.2 Å². The van der Waals surface area contributed by atoms with E-state index >= 15 is 0 Å². The molecule has 182 valence electrons. The number of amides is 4. The summed E-state index contributed by atoms with van der Waals surface area (Å²) in [5.74, 6) is 0. The molecule has 0 aromatic heterocycles. The second-order valence-corrected chi connectivity index (χ2v) is 9.70. The molecular weight excluding hydrogens is 487 g/mol. The Morgan fingerprint density at radius 1 is 0.971 bits per heavy atom. The minimum absolute atomic E-state index is 0.323. The summed E-state index contributed by atoms with van der Waals surface area (Å²) in [5, 5.41) is 15.4. The van der Waals surface area contributed by atoms with Gasteiger partial charge >= 0.3 is 12.1 Å². The third-order valence-corrected chi connectivity index (χ3v) is 6.62. The molecule has 0 unspecified atom stereocenters. The number of carbonyl (C=O) groups is 2. The molecule has 1 heterocycles. The highest BCUT2D eigenvalue weighted by molar-refractivity contribution is 6.31. The van der Waals surface area contributed by atoms with E-state index in [2.05, 4.69) is 5.32 Å². The van der Waals surface area contributed by atoms with Crippen LogP contribution in [0.25, 0.3) is 0 Å². The Morgan fingerprint density at radius 2 is 1.54 bits per heavy atom. The molecule has 0 spiro atoms. The summed E-state index contributed by atoms with van der Waals surface area (Å²) in [4.78, 5) is 29.8. The summed E-state index contributed by atoms with van der Waals surface area (Å²) in [7, 11) is 0. The maximum atomic E-state index is 13.7. The van der Waals surface area contributed by atoms with Crippen LogP contribution in [0.1, 0.15) is 19.4 Å². The summed E-state index contributed by atoms with van der Waals surface area (Å²) in [5.41, 5.74) is 1.12. The zero-order chi connectivity index (χ0) is 25.2. The van der Waals surface area contributed by atoms with Gasteiger partial charge in [-0.25, -0.2) is 9.59 Å². The van der Waals surface area contributed by atoms with Crippen LogP contribution in [0, 0.1) is 0 Å². The van der Waals surface area contributed by atoms with Crippen molar-refractivity contribution in [3.8, 4) is 0 Å². The maximum absolute atomic E-state index is 13.7. The van der Waals surface area contributed by atoms with Crippen molar-refractivity contribution in [2.24, 2.45) is 0 Å². The van der Waals surface area contributed by atoms with E-state index in [4.69, 9.17) is 23.2 Å². The first-order valence-electron chi connectivity index (χ1n) is 11.1. The van der Waals surface area contributed by atoms with Crippen molar-refractivity contribution in [3.63, 3.8) is 0 Å². The van der Waals surface area contributed by atoms with E-state index < -0.39 is 17.7 Å². The molecule has 1 saturated heterocycles. The number of hydrogen-bond acceptors (Lipinski definition) is 3. The standard InChI is InChI=1S/C26H26Cl2N4O3/c1-26(2)23(32(35)24(33)29-21-12-8-19(27)9-13-21)31(22-14-10-20(28)11-15-22)25(34)30(26)17-16-18-6-4-3-5-7-18/h3-15,23,35H,16-17H2,1-2H3,(H,29,33)/t23-/m1/s1. The Labute approximate surface area is 214 Å². The first kappa shape index (κ1) is 24.9. The Balaban J connectivity index is 1.64. The molecule has 0 aliphatic carbocycles. The first-order valence-corrected chi connectivity index (χ1v) is 11.9. The number of benzene rings is 3. The number of nitrogens with zero attached hydrogens (tertiary/aromatic N) is 3.